The van der Waals surface area contributed by atoms with Crippen molar-refractivity contribution in [3.05, 3.63) is 23.8 Å². The second-order valence-corrected chi connectivity index (χ2v) is 3.31. The standard InChI is InChI=1S/C10H18O/c1-5-10(4,11)8-6-7-9(2)3/h6-8,11H,5H2,1-4H3/b8-6-/t10-/m0/s1. The van der Waals surface area contributed by atoms with Crippen molar-refractivity contribution >= 4 is 0 Å². The van der Waals surface area contributed by atoms with Gasteiger partial charge in [-0.1, -0.05) is 30.7 Å². The number of aliphatic hydroxyl groups is 1. The molecule has 0 radical (unpaired) electrons. The lowest BCUT2D eigenvalue weighted by Gasteiger charge is -2.14. The van der Waals surface area contributed by atoms with Crippen LogP contribution in [0, 0.1) is 0 Å². The molecule has 0 amide bonds. The van der Waals surface area contributed by atoms with Crippen LogP contribution in [-0.2, 0) is 0 Å². The fourth-order valence-corrected chi connectivity index (χ4v) is 0.566. The topological polar surface area (TPSA) is 20.2 Å². The van der Waals surface area contributed by atoms with E-state index >= 15 is 0 Å². The predicted octanol–water partition coefficient (Wildman–Crippen LogP) is 2.67. The monoisotopic (exact) mass is 154 g/mol. The Morgan fingerprint density at radius 1 is 1.45 bits per heavy atom. The molecule has 0 aromatic carbocycles. The molecule has 0 aliphatic rings. The molecule has 64 valence electrons. The van der Waals surface area contributed by atoms with Gasteiger partial charge in [0, 0.05) is 0 Å². The summed E-state index contributed by atoms with van der Waals surface area (Å²) in [6.45, 7) is 7.84. The molecule has 11 heavy (non-hydrogen) atoms. The number of hydrogen-bond acceptors (Lipinski definition) is 1. The van der Waals surface area contributed by atoms with E-state index in [-0.39, 0.29) is 0 Å². The molecule has 0 spiro atoms. The fourth-order valence-electron chi connectivity index (χ4n) is 0.566. The van der Waals surface area contributed by atoms with E-state index in [1.54, 1.807) is 0 Å². The maximum atomic E-state index is 9.52. The molecule has 0 aliphatic heterocycles. The van der Waals surface area contributed by atoms with Crippen molar-refractivity contribution < 1.29 is 5.11 Å². The van der Waals surface area contributed by atoms with Crippen molar-refractivity contribution in [3.8, 4) is 0 Å². The maximum Gasteiger partial charge on any atom is 0.0800 e. The summed E-state index contributed by atoms with van der Waals surface area (Å²) in [6.07, 6.45) is 6.46. The Balaban J connectivity index is 4.02. The predicted molar refractivity (Wildman–Crippen MR) is 49.5 cm³/mol. The SMILES string of the molecule is CC[C@](C)(O)/C=C\C=C(C)C. The quantitative estimate of drug-likeness (QED) is 0.620. The molecule has 1 nitrogen and oxygen atoms in total. The summed E-state index contributed by atoms with van der Waals surface area (Å²) in [7, 11) is 0. The van der Waals surface area contributed by atoms with Crippen LogP contribution in [-0.4, -0.2) is 10.7 Å². The summed E-state index contributed by atoms with van der Waals surface area (Å²) in [5.41, 5.74) is 0.597. The highest BCUT2D eigenvalue weighted by atomic mass is 16.3. The van der Waals surface area contributed by atoms with Crippen molar-refractivity contribution in [1.29, 1.82) is 0 Å². The maximum absolute atomic E-state index is 9.52. The minimum Gasteiger partial charge on any atom is -0.386 e. The Bertz CT molecular complexity index is 160. The molecule has 0 aliphatic carbocycles. The van der Waals surface area contributed by atoms with Gasteiger partial charge in [-0.25, -0.2) is 0 Å². The van der Waals surface area contributed by atoms with Gasteiger partial charge < -0.3 is 5.11 Å². The lowest BCUT2D eigenvalue weighted by Crippen LogP contribution is -2.18. The van der Waals surface area contributed by atoms with Gasteiger partial charge in [0.1, 0.15) is 0 Å². The molecule has 0 fully saturated rings. The highest BCUT2D eigenvalue weighted by Crippen LogP contribution is 2.09. The summed E-state index contributed by atoms with van der Waals surface area (Å²) in [4.78, 5) is 0. The van der Waals surface area contributed by atoms with Gasteiger partial charge in [-0.2, -0.15) is 0 Å². The minimum absolute atomic E-state index is 0.647. The van der Waals surface area contributed by atoms with Crippen molar-refractivity contribution in [1.82, 2.24) is 0 Å². The van der Waals surface area contributed by atoms with Crippen molar-refractivity contribution in [2.75, 3.05) is 0 Å². The van der Waals surface area contributed by atoms with Gasteiger partial charge in [0.25, 0.3) is 0 Å². The van der Waals surface area contributed by atoms with E-state index < -0.39 is 5.60 Å². The molecule has 1 atom stereocenters. The average molecular weight is 154 g/mol. The summed E-state index contributed by atoms with van der Waals surface area (Å²) in [6, 6.07) is 0. The van der Waals surface area contributed by atoms with Crippen LogP contribution in [0.2, 0.25) is 0 Å². The molecule has 1 N–H and O–H groups in total. The summed E-state index contributed by atoms with van der Waals surface area (Å²) in [5, 5.41) is 9.52. The molecule has 1 heteroatoms. The Kier molecular flexibility index (Phi) is 4.12. The van der Waals surface area contributed by atoms with Crippen LogP contribution in [0.5, 0.6) is 0 Å². The van der Waals surface area contributed by atoms with Gasteiger partial charge >= 0.3 is 0 Å². The van der Waals surface area contributed by atoms with Crippen molar-refractivity contribution in [3.63, 3.8) is 0 Å². The van der Waals surface area contributed by atoms with E-state index in [0.717, 1.165) is 6.42 Å². The van der Waals surface area contributed by atoms with Gasteiger partial charge in [0.2, 0.25) is 0 Å². The molecule has 0 unspecified atom stereocenters. The Morgan fingerprint density at radius 3 is 2.36 bits per heavy atom. The van der Waals surface area contributed by atoms with Gasteiger partial charge in [0.15, 0.2) is 0 Å². The van der Waals surface area contributed by atoms with E-state index in [0.29, 0.717) is 0 Å². The molecule has 0 saturated carbocycles. The first-order valence-electron chi connectivity index (χ1n) is 4.03. The van der Waals surface area contributed by atoms with E-state index in [1.807, 2.05) is 45.9 Å². The first-order chi connectivity index (χ1) is 4.98. The molecule has 0 saturated heterocycles. The lowest BCUT2D eigenvalue weighted by molar-refractivity contribution is 0.108. The number of rotatable bonds is 3. The third-order valence-corrected chi connectivity index (χ3v) is 1.60. The smallest absolute Gasteiger partial charge is 0.0800 e. The van der Waals surface area contributed by atoms with Crippen LogP contribution in [0.3, 0.4) is 0 Å². The third kappa shape index (κ3) is 5.86. The fraction of sp³-hybridized carbons (Fsp3) is 0.600. The zero-order valence-electron chi connectivity index (χ0n) is 7.89. The first kappa shape index (κ1) is 10.4. The second-order valence-electron chi connectivity index (χ2n) is 3.31. The summed E-state index contributed by atoms with van der Waals surface area (Å²) in [5.74, 6) is 0. The van der Waals surface area contributed by atoms with Crippen LogP contribution < -0.4 is 0 Å². The number of hydrogen-bond donors (Lipinski definition) is 1. The summed E-state index contributed by atoms with van der Waals surface area (Å²) < 4.78 is 0. The highest BCUT2D eigenvalue weighted by Gasteiger charge is 2.10. The van der Waals surface area contributed by atoms with E-state index in [1.165, 1.54) is 5.57 Å². The second kappa shape index (κ2) is 4.35. The zero-order valence-corrected chi connectivity index (χ0v) is 7.89. The van der Waals surface area contributed by atoms with Crippen LogP contribution in [0.1, 0.15) is 34.1 Å². The molecule has 0 aromatic rings. The molecule has 0 heterocycles. The Hall–Kier alpha value is -0.560. The first-order valence-corrected chi connectivity index (χ1v) is 4.03. The van der Waals surface area contributed by atoms with Crippen molar-refractivity contribution in [2.45, 2.75) is 39.7 Å². The van der Waals surface area contributed by atoms with E-state index in [9.17, 15) is 5.11 Å². The lowest BCUT2D eigenvalue weighted by atomic mass is 10.0. The Morgan fingerprint density at radius 2 is 2.00 bits per heavy atom. The molecular weight excluding hydrogens is 136 g/mol. The molecule has 0 rings (SSSR count). The van der Waals surface area contributed by atoms with Gasteiger partial charge in [-0.3, -0.25) is 0 Å². The van der Waals surface area contributed by atoms with Crippen LogP contribution >= 0.6 is 0 Å². The van der Waals surface area contributed by atoms with Crippen LogP contribution in [0.15, 0.2) is 23.8 Å². The minimum atomic E-state index is -0.647. The molecular formula is C10H18O. The van der Waals surface area contributed by atoms with Gasteiger partial charge in [-0.15, -0.1) is 0 Å². The Labute approximate surface area is 69.4 Å². The largest absolute Gasteiger partial charge is 0.386 e. The van der Waals surface area contributed by atoms with Gasteiger partial charge in [-0.05, 0) is 27.2 Å². The van der Waals surface area contributed by atoms with E-state index in [2.05, 4.69) is 0 Å². The normalized spacial score (nSPS) is 16.5. The highest BCUT2D eigenvalue weighted by molar-refractivity contribution is 5.12. The molecule has 0 bridgehead atoms. The van der Waals surface area contributed by atoms with Gasteiger partial charge in [0.05, 0.1) is 5.60 Å². The zero-order chi connectivity index (χ0) is 8.91. The third-order valence-electron chi connectivity index (χ3n) is 1.60. The summed E-state index contributed by atoms with van der Waals surface area (Å²) >= 11 is 0. The van der Waals surface area contributed by atoms with Crippen LogP contribution in [0.25, 0.3) is 0 Å². The molecule has 0 aromatic heterocycles. The van der Waals surface area contributed by atoms with Crippen molar-refractivity contribution in [2.24, 2.45) is 0 Å². The average Bonchev–Trinajstić information content (AvgIpc) is 1.87. The van der Waals surface area contributed by atoms with Crippen LogP contribution in [0.4, 0.5) is 0 Å². The number of allylic oxidation sites excluding steroid dienone is 3. The van der Waals surface area contributed by atoms with E-state index in [4.69, 9.17) is 0 Å².